The van der Waals surface area contributed by atoms with Gasteiger partial charge in [0.25, 0.3) is 0 Å². The number of phenolic OH excluding ortho intramolecular Hbond substituents is 1. The number of urea groups is 1. The Balaban J connectivity index is 1.58. The van der Waals surface area contributed by atoms with Crippen LogP contribution in [0.1, 0.15) is 42.3 Å². The number of nitrogens with one attached hydrogen (secondary N) is 3. The molecular formula is C26H34N6O4. The number of aromatic hydroxyl groups is 1. The topological polar surface area (TPSA) is 155 Å². The molecule has 3 rings (SSSR count). The molecule has 3 aromatic rings. The second-order valence-electron chi connectivity index (χ2n) is 9.56. The second kappa shape index (κ2) is 11.2. The first-order chi connectivity index (χ1) is 16.9. The molecule has 1 aromatic heterocycles. The third kappa shape index (κ3) is 7.56. The maximum absolute atomic E-state index is 12.5. The zero-order valence-corrected chi connectivity index (χ0v) is 21.0. The molecule has 1 atom stereocenters. The molecule has 7 N–H and O–H groups in total. The van der Waals surface area contributed by atoms with Gasteiger partial charge in [-0.25, -0.2) is 4.79 Å². The number of nitrogens with two attached hydrogens (primary N) is 1. The standard InChI is InChI=1S/C26H34N6O4/c1-16-10-23(32(4)31-16)30-24(35)12-17-6-5-7-18(11-17)14-26(2,3)28-15-22(34)19-8-9-21(33)20(13-19)29-25(27)36/h5-11,13,22,28,33-34H,12,14-15H2,1-4H3,(H,30,35)(H3,27,29,36)/t22-/m0/s1. The van der Waals surface area contributed by atoms with Crippen LogP contribution in [0.15, 0.2) is 48.5 Å². The van der Waals surface area contributed by atoms with Gasteiger partial charge in [0.1, 0.15) is 11.6 Å². The molecule has 0 spiro atoms. The van der Waals surface area contributed by atoms with E-state index in [1.165, 1.54) is 12.1 Å². The zero-order valence-electron chi connectivity index (χ0n) is 21.0. The summed E-state index contributed by atoms with van der Waals surface area (Å²) >= 11 is 0. The normalized spacial score (nSPS) is 12.2. The number of β-amino-alcohol motifs (C(OH)–C–C–N with tert-alkyl or cyclic N) is 1. The van der Waals surface area contributed by atoms with E-state index in [4.69, 9.17) is 5.73 Å². The van der Waals surface area contributed by atoms with E-state index in [1.807, 2.05) is 51.1 Å². The van der Waals surface area contributed by atoms with Gasteiger partial charge < -0.3 is 31.9 Å². The summed E-state index contributed by atoms with van der Waals surface area (Å²) in [6.07, 6.45) is 0.0387. The highest BCUT2D eigenvalue weighted by Crippen LogP contribution is 2.27. The van der Waals surface area contributed by atoms with E-state index in [2.05, 4.69) is 21.0 Å². The van der Waals surface area contributed by atoms with Crippen molar-refractivity contribution in [2.45, 2.75) is 45.3 Å². The monoisotopic (exact) mass is 494 g/mol. The lowest BCUT2D eigenvalue weighted by atomic mass is 9.93. The Bertz CT molecular complexity index is 1240. The predicted molar refractivity (Wildman–Crippen MR) is 139 cm³/mol. The van der Waals surface area contributed by atoms with E-state index < -0.39 is 12.1 Å². The van der Waals surface area contributed by atoms with Crippen molar-refractivity contribution in [1.29, 1.82) is 0 Å². The number of aliphatic hydroxyl groups excluding tert-OH is 1. The van der Waals surface area contributed by atoms with Gasteiger partial charge in [0, 0.05) is 25.2 Å². The lowest BCUT2D eigenvalue weighted by Crippen LogP contribution is -2.43. The second-order valence-corrected chi connectivity index (χ2v) is 9.56. The number of primary amides is 1. The number of amides is 3. The van der Waals surface area contributed by atoms with E-state index in [1.54, 1.807) is 17.8 Å². The molecule has 0 aliphatic rings. The predicted octanol–water partition coefficient (Wildman–Crippen LogP) is 2.75. The number of aliphatic hydroxyl groups is 1. The Morgan fingerprint density at radius 3 is 2.50 bits per heavy atom. The molecule has 0 bridgehead atoms. The number of anilines is 2. The van der Waals surface area contributed by atoms with Crippen LogP contribution in [0.2, 0.25) is 0 Å². The average Bonchev–Trinajstić information content (AvgIpc) is 3.09. The van der Waals surface area contributed by atoms with Gasteiger partial charge in [-0.1, -0.05) is 30.3 Å². The Labute approximate surface area is 210 Å². The van der Waals surface area contributed by atoms with Gasteiger partial charge in [0.15, 0.2) is 0 Å². The molecule has 0 aliphatic heterocycles. The first-order valence-corrected chi connectivity index (χ1v) is 11.6. The molecular weight excluding hydrogens is 460 g/mol. The molecule has 0 unspecified atom stereocenters. The summed E-state index contributed by atoms with van der Waals surface area (Å²) in [5.41, 5.74) is 8.22. The number of hydrogen-bond donors (Lipinski definition) is 6. The first-order valence-electron chi connectivity index (χ1n) is 11.6. The van der Waals surface area contributed by atoms with Gasteiger partial charge in [-0.15, -0.1) is 0 Å². The smallest absolute Gasteiger partial charge is 0.316 e. The SMILES string of the molecule is Cc1cc(NC(=O)Cc2cccc(CC(C)(C)NC[C@H](O)c3ccc(O)c(NC(N)=O)c3)c2)n(C)n1. The quantitative estimate of drug-likeness (QED) is 0.238. The summed E-state index contributed by atoms with van der Waals surface area (Å²) in [6, 6.07) is 13.4. The van der Waals surface area contributed by atoms with Gasteiger partial charge in [0.2, 0.25) is 5.91 Å². The number of aryl methyl sites for hydroxylation is 2. The molecule has 3 amide bonds. The Kier molecular flexibility index (Phi) is 8.33. The number of rotatable bonds is 10. The van der Waals surface area contributed by atoms with E-state index in [0.717, 1.165) is 16.8 Å². The number of aromatic nitrogens is 2. The molecule has 10 nitrogen and oxygen atoms in total. The number of carbonyl (C=O) groups excluding carboxylic acids is 2. The summed E-state index contributed by atoms with van der Waals surface area (Å²) < 4.78 is 1.64. The molecule has 0 fully saturated rings. The van der Waals surface area contributed by atoms with Gasteiger partial charge in [-0.2, -0.15) is 5.10 Å². The van der Waals surface area contributed by atoms with Crippen LogP contribution in [-0.2, 0) is 24.7 Å². The molecule has 36 heavy (non-hydrogen) atoms. The summed E-state index contributed by atoms with van der Waals surface area (Å²) in [7, 11) is 1.79. The van der Waals surface area contributed by atoms with E-state index >= 15 is 0 Å². The highest BCUT2D eigenvalue weighted by molar-refractivity contribution is 5.91. The zero-order chi connectivity index (χ0) is 26.5. The minimum Gasteiger partial charge on any atom is -0.506 e. The Morgan fingerprint density at radius 1 is 1.11 bits per heavy atom. The Hall–Kier alpha value is -3.89. The van der Waals surface area contributed by atoms with Crippen molar-refractivity contribution in [2.75, 3.05) is 17.2 Å². The number of hydrogen-bond acceptors (Lipinski definition) is 6. The van der Waals surface area contributed by atoms with Crippen molar-refractivity contribution in [2.24, 2.45) is 12.8 Å². The fourth-order valence-corrected chi connectivity index (χ4v) is 4.01. The van der Waals surface area contributed by atoms with Crippen molar-refractivity contribution < 1.29 is 19.8 Å². The van der Waals surface area contributed by atoms with Crippen molar-refractivity contribution >= 4 is 23.4 Å². The minimum atomic E-state index is -0.871. The highest BCUT2D eigenvalue weighted by atomic mass is 16.3. The van der Waals surface area contributed by atoms with Crippen molar-refractivity contribution in [1.82, 2.24) is 15.1 Å². The fraction of sp³-hybridized carbons (Fsp3) is 0.346. The average molecular weight is 495 g/mol. The molecule has 0 saturated heterocycles. The molecule has 1 heterocycles. The molecule has 2 aromatic carbocycles. The molecule has 0 radical (unpaired) electrons. The molecule has 0 saturated carbocycles. The van der Waals surface area contributed by atoms with Crippen LogP contribution in [0.25, 0.3) is 0 Å². The fourth-order valence-electron chi connectivity index (χ4n) is 4.01. The minimum absolute atomic E-state index is 0.116. The molecule has 10 heteroatoms. The lowest BCUT2D eigenvalue weighted by molar-refractivity contribution is -0.115. The van der Waals surface area contributed by atoms with Crippen LogP contribution < -0.4 is 21.7 Å². The third-order valence-corrected chi connectivity index (χ3v) is 5.71. The highest BCUT2D eigenvalue weighted by Gasteiger charge is 2.21. The summed E-state index contributed by atoms with van der Waals surface area (Å²) in [5, 5.41) is 33.3. The van der Waals surface area contributed by atoms with Gasteiger partial charge in [0.05, 0.1) is 23.9 Å². The Morgan fingerprint density at radius 2 is 1.83 bits per heavy atom. The van der Waals surface area contributed by atoms with Gasteiger partial charge in [-0.05, 0) is 56.0 Å². The number of phenols is 1. The van der Waals surface area contributed by atoms with Crippen LogP contribution in [0, 0.1) is 6.92 Å². The first kappa shape index (κ1) is 26.7. The van der Waals surface area contributed by atoms with Crippen molar-refractivity contribution in [3.63, 3.8) is 0 Å². The maximum atomic E-state index is 12.5. The van der Waals surface area contributed by atoms with Crippen LogP contribution >= 0.6 is 0 Å². The third-order valence-electron chi connectivity index (χ3n) is 5.71. The van der Waals surface area contributed by atoms with Crippen molar-refractivity contribution in [3.05, 3.63) is 70.9 Å². The van der Waals surface area contributed by atoms with Crippen LogP contribution in [0.5, 0.6) is 5.75 Å². The number of nitrogens with zero attached hydrogens (tertiary/aromatic N) is 2. The summed E-state index contributed by atoms with van der Waals surface area (Å²) in [4.78, 5) is 23.6. The van der Waals surface area contributed by atoms with E-state index in [-0.39, 0.29) is 35.8 Å². The summed E-state index contributed by atoms with van der Waals surface area (Å²) in [6.45, 7) is 6.18. The lowest BCUT2D eigenvalue weighted by Gasteiger charge is -2.28. The molecule has 0 aliphatic carbocycles. The van der Waals surface area contributed by atoms with Crippen LogP contribution in [-0.4, -0.2) is 44.0 Å². The van der Waals surface area contributed by atoms with Crippen LogP contribution in [0.4, 0.5) is 16.3 Å². The molecule has 192 valence electrons. The maximum Gasteiger partial charge on any atom is 0.316 e. The van der Waals surface area contributed by atoms with Gasteiger partial charge in [-0.3, -0.25) is 9.48 Å². The largest absolute Gasteiger partial charge is 0.506 e. The summed E-state index contributed by atoms with van der Waals surface area (Å²) in [5.74, 6) is 0.403. The number of benzene rings is 2. The number of carbonyl (C=O) groups is 2. The van der Waals surface area contributed by atoms with E-state index in [0.29, 0.717) is 17.8 Å². The van der Waals surface area contributed by atoms with Gasteiger partial charge >= 0.3 is 6.03 Å². The van der Waals surface area contributed by atoms with E-state index in [9.17, 15) is 19.8 Å². The van der Waals surface area contributed by atoms with Crippen molar-refractivity contribution in [3.8, 4) is 5.75 Å². The van der Waals surface area contributed by atoms with Crippen LogP contribution in [0.3, 0.4) is 0 Å².